The minimum Gasteiger partial charge on any atom is -0.273 e. The van der Waals surface area contributed by atoms with Crippen LogP contribution in [0.5, 0.6) is 0 Å². The molecule has 0 aliphatic heterocycles. The Bertz CT molecular complexity index is 627. The number of benzene rings is 1. The zero-order valence-corrected chi connectivity index (χ0v) is 10.8. The molecule has 0 fully saturated rings. The van der Waals surface area contributed by atoms with Gasteiger partial charge in [-0.3, -0.25) is 4.79 Å². The zero-order chi connectivity index (χ0) is 13.7. The molecule has 0 N–H and O–H groups in total. The van der Waals surface area contributed by atoms with Crippen LogP contribution < -0.4 is 5.01 Å². The van der Waals surface area contributed by atoms with E-state index in [0.717, 1.165) is 5.01 Å². The van der Waals surface area contributed by atoms with Crippen molar-refractivity contribution in [3.63, 3.8) is 0 Å². The van der Waals surface area contributed by atoms with E-state index in [-0.39, 0.29) is 5.91 Å². The Morgan fingerprint density at radius 2 is 2.16 bits per heavy atom. The number of nitrogens with zero attached hydrogens (tertiary/aromatic N) is 5. The zero-order valence-electron chi connectivity index (χ0n) is 10.0. The molecule has 6 nitrogen and oxygen atoms in total. The third-order valence-electron chi connectivity index (χ3n) is 2.14. The van der Waals surface area contributed by atoms with Crippen molar-refractivity contribution < 1.29 is 4.79 Å². The molecule has 0 aliphatic carbocycles. The van der Waals surface area contributed by atoms with Crippen LogP contribution in [0.3, 0.4) is 0 Å². The summed E-state index contributed by atoms with van der Waals surface area (Å²) in [4.78, 5) is 15.5. The first-order valence-corrected chi connectivity index (χ1v) is 6.20. The highest BCUT2D eigenvalue weighted by Crippen LogP contribution is 2.20. The van der Waals surface area contributed by atoms with Crippen molar-refractivity contribution in [3.05, 3.63) is 41.4 Å². The first-order valence-electron chi connectivity index (χ1n) is 5.32. The first kappa shape index (κ1) is 12.9. The standard InChI is InChI=1S/C12H9N5OS/c1-9(18)17(12-14-6-7-19-12)16-15-11-4-2-10(8-13)3-5-11/h2-7H,1H3. The van der Waals surface area contributed by atoms with Crippen LogP contribution >= 0.6 is 11.3 Å². The lowest BCUT2D eigenvalue weighted by molar-refractivity contribution is -0.116. The molecule has 0 saturated heterocycles. The highest BCUT2D eigenvalue weighted by atomic mass is 32.1. The maximum atomic E-state index is 11.5. The summed E-state index contributed by atoms with van der Waals surface area (Å²) in [7, 11) is 0. The highest BCUT2D eigenvalue weighted by molar-refractivity contribution is 7.13. The predicted octanol–water partition coefficient (Wildman–Crippen LogP) is 3.07. The van der Waals surface area contributed by atoms with E-state index >= 15 is 0 Å². The fourth-order valence-electron chi connectivity index (χ4n) is 1.26. The largest absolute Gasteiger partial charge is 0.273 e. The number of nitriles is 1. The number of hydrogen-bond donors (Lipinski definition) is 0. The monoisotopic (exact) mass is 271 g/mol. The summed E-state index contributed by atoms with van der Waals surface area (Å²) in [6.45, 7) is 1.39. The van der Waals surface area contributed by atoms with Crippen molar-refractivity contribution in [2.45, 2.75) is 6.92 Å². The molecule has 1 aromatic carbocycles. The van der Waals surface area contributed by atoms with Crippen LogP contribution in [0.4, 0.5) is 10.8 Å². The van der Waals surface area contributed by atoms with Crippen molar-refractivity contribution >= 4 is 28.1 Å². The Kier molecular flexibility index (Phi) is 3.95. The quantitative estimate of drug-likeness (QED) is 0.635. The summed E-state index contributed by atoms with van der Waals surface area (Å²) >= 11 is 1.30. The lowest BCUT2D eigenvalue weighted by Gasteiger charge is -2.08. The van der Waals surface area contributed by atoms with E-state index in [1.807, 2.05) is 6.07 Å². The summed E-state index contributed by atoms with van der Waals surface area (Å²) in [5.41, 5.74) is 1.10. The van der Waals surface area contributed by atoms with E-state index in [1.165, 1.54) is 18.3 Å². The van der Waals surface area contributed by atoms with Crippen molar-refractivity contribution in [2.75, 3.05) is 5.01 Å². The lowest BCUT2D eigenvalue weighted by Crippen LogP contribution is -2.21. The van der Waals surface area contributed by atoms with E-state index in [1.54, 1.807) is 35.8 Å². The van der Waals surface area contributed by atoms with Crippen molar-refractivity contribution in [3.8, 4) is 6.07 Å². The molecule has 1 heterocycles. The molecule has 0 saturated carbocycles. The van der Waals surface area contributed by atoms with Gasteiger partial charge in [0, 0.05) is 18.5 Å². The molecule has 0 atom stereocenters. The Labute approximate surface area is 113 Å². The number of thiazole rings is 1. The van der Waals surface area contributed by atoms with Crippen LogP contribution in [-0.4, -0.2) is 10.9 Å². The van der Waals surface area contributed by atoms with Gasteiger partial charge in [-0.05, 0) is 24.3 Å². The molecule has 94 valence electrons. The second kappa shape index (κ2) is 5.84. The second-order valence-corrected chi connectivity index (χ2v) is 4.37. The number of anilines is 1. The van der Waals surface area contributed by atoms with Gasteiger partial charge in [-0.1, -0.05) is 5.22 Å². The van der Waals surface area contributed by atoms with Gasteiger partial charge < -0.3 is 0 Å². The normalized spacial score (nSPS) is 10.3. The minimum atomic E-state index is -0.271. The maximum Gasteiger partial charge on any atom is 0.247 e. The first-order chi connectivity index (χ1) is 9.20. The molecule has 0 spiro atoms. The number of rotatable bonds is 3. The van der Waals surface area contributed by atoms with Gasteiger partial charge in [-0.15, -0.1) is 16.5 Å². The minimum absolute atomic E-state index is 0.271. The summed E-state index contributed by atoms with van der Waals surface area (Å²) in [5.74, 6) is -0.271. The Hall–Kier alpha value is -2.59. The number of aromatic nitrogens is 1. The van der Waals surface area contributed by atoms with Crippen LogP contribution in [0.15, 0.2) is 46.2 Å². The Morgan fingerprint density at radius 3 is 2.68 bits per heavy atom. The highest BCUT2D eigenvalue weighted by Gasteiger charge is 2.12. The van der Waals surface area contributed by atoms with Crippen molar-refractivity contribution in [1.29, 1.82) is 5.26 Å². The summed E-state index contributed by atoms with van der Waals surface area (Å²) in [6.07, 6.45) is 1.59. The molecule has 0 unspecified atom stereocenters. The molecule has 1 aromatic heterocycles. The van der Waals surface area contributed by atoms with Crippen LogP contribution in [0.2, 0.25) is 0 Å². The molecule has 7 heteroatoms. The van der Waals surface area contributed by atoms with E-state index in [9.17, 15) is 4.79 Å². The Morgan fingerprint density at radius 1 is 1.42 bits per heavy atom. The Balaban J connectivity index is 2.19. The van der Waals surface area contributed by atoms with E-state index < -0.39 is 0 Å². The van der Waals surface area contributed by atoms with Gasteiger partial charge in [-0.2, -0.15) is 10.3 Å². The van der Waals surface area contributed by atoms with Crippen molar-refractivity contribution in [2.24, 2.45) is 10.3 Å². The van der Waals surface area contributed by atoms with Gasteiger partial charge in [0.1, 0.15) is 0 Å². The van der Waals surface area contributed by atoms with Crippen LogP contribution in [0, 0.1) is 11.3 Å². The topological polar surface area (TPSA) is 81.7 Å². The molecule has 0 aliphatic rings. The molecule has 2 rings (SSSR count). The number of carbonyl (C=O) groups excluding carboxylic acids is 1. The number of carbonyl (C=O) groups is 1. The average Bonchev–Trinajstić information content (AvgIpc) is 2.93. The van der Waals surface area contributed by atoms with Gasteiger partial charge in [0.2, 0.25) is 11.0 Å². The molecule has 19 heavy (non-hydrogen) atoms. The molecule has 2 aromatic rings. The number of hydrogen-bond acceptors (Lipinski definition) is 6. The third kappa shape index (κ3) is 3.20. The average molecular weight is 271 g/mol. The molecule has 0 radical (unpaired) electrons. The molecule has 1 amide bonds. The summed E-state index contributed by atoms with van der Waals surface area (Å²) < 4.78 is 0. The maximum absolute atomic E-state index is 11.5. The molecular formula is C12H9N5OS. The third-order valence-corrected chi connectivity index (χ3v) is 2.89. The molecule has 0 bridgehead atoms. The second-order valence-electron chi connectivity index (χ2n) is 3.49. The summed E-state index contributed by atoms with van der Waals surface area (Å²) in [6, 6.07) is 8.59. The van der Waals surface area contributed by atoms with Crippen LogP contribution in [-0.2, 0) is 4.79 Å². The number of amides is 1. The summed E-state index contributed by atoms with van der Waals surface area (Å²) in [5, 5.41) is 19.8. The van der Waals surface area contributed by atoms with Gasteiger partial charge in [-0.25, -0.2) is 4.98 Å². The van der Waals surface area contributed by atoms with E-state index in [0.29, 0.717) is 16.4 Å². The fourth-order valence-corrected chi connectivity index (χ4v) is 1.89. The van der Waals surface area contributed by atoms with Gasteiger partial charge >= 0.3 is 0 Å². The SMILES string of the molecule is CC(=O)N(N=Nc1ccc(C#N)cc1)c1nccs1. The smallest absolute Gasteiger partial charge is 0.247 e. The van der Waals surface area contributed by atoms with Crippen LogP contribution in [0.1, 0.15) is 12.5 Å². The van der Waals surface area contributed by atoms with Gasteiger partial charge in [0.05, 0.1) is 17.3 Å². The van der Waals surface area contributed by atoms with Crippen LogP contribution in [0.25, 0.3) is 0 Å². The predicted molar refractivity (Wildman–Crippen MR) is 70.9 cm³/mol. The van der Waals surface area contributed by atoms with Gasteiger partial charge in [0.15, 0.2) is 0 Å². The lowest BCUT2D eigenvalue weighted by atomic mass is 10.2. The fraction of sp³-hybridized carbons (Fsp3) is 0.0833. The van der Waals surface area contributed by atoms with Gasteiger partial charge in [0.25, 0.3) is 0 Å². The van der Waals surface area contributed by atoms with Crippen molar-refractivity contribution in [1.82, 2.24) is 4.98 Å². The van der Waals surface area contributed by atoms with E-state index in [2.05, 4.69) is 15.3 Å². The molecular weight excluding hydrogens is 262 g/mol. The van der Waals surface area contributed by atoms with E-state index in [4.69, 9.17) is 5.26 Å².